The van der Waals surface area contributed by atoms with Crippen molar-refractivity contribution in [3.05, 3.63) is 27.8 Å². The Labute approximate surface area is 91.2 Å². The van der Waals surface area contributed by atoms with E-state index >= 15 is 0 Å². The van der Waals surface area contributed by atoms with Crippen molar-refractivity contribution in [1.29, 1.82) is 0 Å². The Bertz CT molecular complexity index is 520. The third kappa shape index (κ3) is 2.58. The van der Waals surface area contributed by atoms with Crippen molar-refractivity contribution in [2.75, 3.05) is 0 Å². The van der Waals surface area contributed by atoms with E-state index in [1.807, 2.05) is 0 Å². The Hall–Kier alpha value is -2.41. The molecular weight excluding hydrogens is 245 g/mol. The number of hydrogen-bond donors (Lipinski definition) is 1. The summed E-state index contributed by atoms with van der Waals surface area (Å²) in [7, 11) is 0. The Morgan fingerprint density at radius 1 is 1.41 bits per heavy atom. The number of phenols is 1. The summed E-state index contributed by atoms with van der Waals surface area (Å²) < 4.78 is 37.3. The number of benzene rings is 1. The van der Waals surface area contributed by atoms with Crippen molar-refractivity contribution in [2.24, 2.45) is 4.99 Å². The Morgan fingerprint density at radius 3 is 2.41 bits per heavy atom. The molecule has 0 spiro atoms. The summed E-state index contributed by atoms with van der Waals surface area (Å²) >= 11 is 0. The molecule has 6 nitrogen and oxygen atoms in total. The zero-order valence-corrected chi connectivity index (χ0v) is 7.85. The lowest BCUT2D eigenvalue weighted by Gasteiger charge is -2.08. The molecule has 0 unspecified atom stereocenters. The first-order chi connectivity index (χ1) is 7.77. The van der Waals surface area contributed by atoms with Crippen LogP contribution in [0.3, 0.4) is 0 Å². The topological polar surface area (TPSA) is 92.8 Å². The van der Waals surface area contributed by atoms with E-state index in [0.29, 0.717) is 0 Å². The van der Waals surface area contributed by atoms with Crippen molar-refractivity contribution in [3.63, 3.8) is 0 Å². The van der Waals surface area contributed by atoms with E-state index in [2.05, 4.69) is 4.99 Å². The molecule has 0 saturated carbocycles. The van der Waals surface area contributed by atoms with Gasteiger partial charge in [-0.2, -0.15) is 18.2 Å². The highest BCUT2D eigenvalue weighted by Crippen LogP contribution is 2.42. The van der Waals surface area contributed by atoms with Crippen molar-refractivity contribution in [3.8, 4) is 5.75 Å². The third-order valence-electron chi connectivity index (χ3n) is 1.76. The molecule has 0 aliphatic carbocycles. The molecule has 0 fully saturated rings. The summed E-state index contributed by atoms with van der Waals surface area (Å²) in [5.41, 5.74) is -3.66. The molecule has 0 aliphatic heterocycles. The number of rotatable bonds is 2. The van der Waals surface area contributed by atoms with Gasteiger partial charge in [0.2, 0.25) is 6.08 Å². The SMILES string of the molecule is O=C=Nc1cc(C(F)(F)F)c([N+](=O)[O-])cc1O. The second kappa shape index (κ2) is 4.22. The fourth-order valence-corrected chi connectivity index (χ4v) is 1.08. The molecule has 90 valence electrons. The van der Waals surface area contributed by atoms with E-state index in [-0.39, 0.29) is 12.1 Å². The maximum atomic E-state index is 12.4. The van der Waals surface area contributed by atoms with Crippen LogP contribution < -0.4 is 0 Å². The number of nitro groups is 1. The molecule has 1 N–H and O–H groups in total. The number of isocyanates is 1. The number of hydrogen-bond acceptors (Lipinski definition) is 5. The maximum absolute atomic E-state index is 12.4. The van der Waals surface area contributed by atoms with E-state index in [9.17, 15) is 28.1 Å². The van der Waals surface area contributed by atoms with Crippen molar-refractivity contribution >= 4 is 17.5 Å². The molecule has 0 aromatic heterocycles. The molecule has 0 atom stereocenters. The van der Waals surface area contributed by atoms with Crippen LogP contribution in [-0.2, 0) is 11.0 Å². The molecule has 9 heteroatoms. The third-order valence-corrected chi connectivity index (χ3v) is 1.76. The Morgan fingerprint density at radius 2 is 2.00 bits per heavy atom. The van der Waals surface area contributed by atoms with Gasteiger partial charge in [-0.15, -0.1) is 0 Å². The fraction of sp³-hybridized carbons (Fsp3) is 0.125. The summed E-state index contributed by atoms with van der Waals surface area (Å²) in [6, 6.07) is 0.483. The number of nitro benzene ring substituents is 1. The van der Waals surface area contributed by atoms with Gasteiger partial charge in [0.15, 0.2) is 0 Å². The number of carbonyl (C=O) groups excluding carboxylic acids is 1. The molecule has 0 saturated heterocycles. The van der Waals surface area contributed by atoms with E-state index in [1.54, 1.807) is 0 Å². The van der Waals surface area contributed by atoms with Gasteiger partial charge < -0.3 is 5.11 Å². The first-order valence-electron chi connectivity index (χ1n) is 3.94. The summed E-state index contributed by atoms with van der Waals surface area (Å²) in [4.78, 5) is 21.8. The molecule has 0 aliphatic rings. The smallest absolute Gasteiger partial charge is 0.423 e. The van der Waals surface area contributed by atoms with Gasteiger partial charge in [-0.1, -0.05) is 0 Å². The predicted octanol–water partition coefficient (Wildman–Crippen LogP) is 2.29. The van der Waals surface area contributed by atoms with Crippen LogP contribution >= 0.6 is 0 Å². The van der Waals surface area contributed by atoms with Crippen LogP contribution in [0.1, 0.15) is 5.56 Å². The molecule has 17 heavy (non-hydrogen) atoms. The first kappa shape index (κ1) is 12.7. The van der Waals surface area contributed by atoms with Gasteiger partial charge in [0.1, 0.15) is 17.0 Å². The zero-order valence-electron chi connectivity index (χ0n) is 7.85. The van der Waals surface area contributed by atoms with Crippen LogP contribution in [-0.4, -0.2) is 16.1 Å². The van der Waals surface area contributed by atoms with Crippen LogP contribution in [0.15, 0.2) is 17.1 Å². The van der Waals surface area contributed by atoms with E-state index in [4.69, 9.17) is 5.11 Å². The number of aliphatic imine (C=N–C) groups is 1. The quantitative estimate of drug-likeness (QED) is 0.376. The number of halogens is 3. The molecule has 1 aromatic rings. The maximum Gasteiger partial charge on any atom is 0.423 e. The molecule has 0 heterocycles. The van der Waals surface area contributed by atoms with Gasteiger partial charge >= 0.3 is 6.18 Å². The predicted molar refractivity (Wildman–Crippen MR) is 47.5 cm³/mol. The second-order valence-electron chi connectivity index (χ2n) is 2.82. The minimum atomic E-state index is -5.00. The summed E-state index contributed by atoms with van der Waals surface area (Å²) in [5.74, 6) is -0.909. The van der Waals surface area contributed by atoms with Gasteiger partial charge in [-0.3, -0.25) is 10.1 Å². The van der Waals surface area contributed by atoms with E-state index in [0.717, 1.165) is 6.08 Å². The van der Waals surface area contributed by atoms with Gasteiger partial charge in [0.25, 0.3) is 5.69 Å². The lowest BCUT2D eigenvalue weighted by atomic mass is 10.1. The van der Waals surface area contributed by atoms with Gasteiger partial charge in [-0.05, 0) is 6.07 Å². The Kier molecular flexibility index (Phi) is 3.14. The standard InChI is InChI=1S/C8H3F3N2O4/c9-8(10,11)4-1-5(12-3-14)7(15)2-6(4)13(16)17/h1-2,15H. The van der Waals surface area contributed by atoms with Crippen LogP contribution in [0.25, 0.3) is 0 Å². The highest BCUT2D eigenvalue weighted by Gasteiger charge is 2.39. The molecule has 1 aromatic carbocycles. The largest absolute Gasteiger partial charge is 0.505 e. The molecule has 0 radical (unpaired) electrons. The molecule has 1 rings (SSSR count). The highest BCUT2D eigenvalue weighted by atomic mass is 19.4. The van der Waals surface area contributed by atoms with Gasteiger partial charge in [0.05, 0.1) is 11.0 Å². The highest BCUT2D eigenvalue weighted by molar-refractivity contribution is 5.64. The van der Waals surface area contributed by atoms with Crippen LogP contribution in [0.4, 0.5) is 24.5 Å². The molecule has 0 amide bonds. The fourth-order valence-electron chi connectivity index (χ4n) is 1.08. The molecule has 0 bridgehead atoms. The van der Waals surface area contributed by atoms with E-state index < -0.39 is 33.8 Å². The lowest BCUT2D eigenvalue weighted by molar-refractivity contribution is -0.388. The zero-order chi connectivity index (χ0) is 13.2. The Balaban J connectivity index is 3.59. The van der Waals surface area contributed by atoms with E-state index in [1.165, 1.54) is 0 Å². The minimum Gasteiger partial charge on any atom is -0.505 e. The number of alkyl halides is 3. The van der Waals surface area contributed by atoms with Crippen LogP contribution in [0.2, 0.25) is 0 Å². The van der Waals surface area contributed by atoms with Crippen molar-refractivity contribution in [1.82, 2.24) is 0 Å². The average molecular weight is 248 g/mol. The summed E-state index contributed by atoms with van der Waals surface area (Å²) in [6.45, 7) is 0. The number of phenolic OH excluding ortho intramolecular Hbond substituents is 1. The van der Waals surface area contributed by atoms with Crippen molar-refractivity contribution in [2.45, 2.75) is 6.18 Å². The van der Waals surface area contributed by atoms with Crippen molar-refractivity contribution < 1.29 is 28.0 Å². The summed E-state index contributed by atoms with van der Waals surface area (Å²) in [6.07, 6.45) is -4.07. The number of aromatic hydroxyl groups is 1. The summed E-state index contributed by atoms with van der Waals surface area (Å²) in [5, 5.41) is 19.5. The van der Waals surface area contributed by atoms with Crippen LogP contribution in [0, 0.1) is 10.1 Å². The second-order valence-corrected chi connectivity index (χ2v) is 2.82. The first-order valence-corrected chi connectivity index (χ1v) is 3.94. The lowest BCUT2D eigenvalue weighted by Crippen LogP contribution is -2.08. The molecular formula is C8H3F3N2O4. The minimum absolute atomic E-state index is 0.207. The number of nitrogens with zero attached hydrogens (tertiary/aromatic N) is 2. The normalized spacial score (nSPS) is 10.8. The van der Waals surface area contributed by atoms with Crippen LogP contribution in [0.5, 0.6) is 5.75 Å². The van der Waals surface area contributed by atoms with Gasteiger partial charge in [0, 0.05) is 0 Å². The average Bonchev–Trinajstić information content (AvgIpc) is 2.18. The monoisotopic (exact) mass is 248 g/mol. The van der Waals surface area contributed by atoms with Gasteiger partial charge in [-0.25, -0.2) is 4.79 Å².